The van der Waals surface area contributed by atoms with Gasteiger partial charge < -0.3 is 14.6 Å². The van der Waals surface area contributed by atoms with Gasteiger partial charge in [-0.3, -0.25) is 19.2 Å². The Balaban J connectivity index is 1.76. The van der Waals surface area contributed by atoms with E-state index in [2.05, 4.69) is 0 Å². The maximum absolute atomic E-state index is 13.5. The number of carbonyl (C=O) groups excluding carboxylic acids is 3. The second kappa shape index (κ2) is 9.75. The summed E-state index contributed by atoms with van der Waals surface area (Å²) >= 11 is 0. The van der Waals surface area contributed by atoms with Crippen LogP contribution in [0.4, 0.5) is 0 Å². The van der Waals surface area contributed by atoms with Crippen molar-refractivity contribution in [3.8, 4) is 0 Å². The molecule has 204 valence electrons. The molecule has 0 aromatic heterocycles. The van der Waals surface area contributed by atoms with Crippen molar-refractivity contribution in [2.75, 3.05) is 0 Å². The number of aliphatic carboxylic acids is 1. The van der Waals surface area contributed by atoms with Gasteiger partial charge in [-0.2, -0.15) is 0 Å². The highest BCUT2D eigenvalue weighted by Gasteiger charge is 2.61. The second-order valence-corrected chi connectivity index (χ2v) is 13.9. The molecule has 0 aromatic rings. The second-order valence-electron chi connectivity index (χ2n) is 13.9. The Morgan fingerprint density at radius 3 is 1.92 bits per heavy atom. The molecule has 0 saturated heterocycles. The van der Waals surface area contributed by atoms with Crippen molar-refractivity contribution < 1.29 is 33.8 Å². The van der Waals surface area contributed by atoms with Crippen molar-refractivity contribution in [2.24, 2.45) is 40.4 Å². The van der Waals surface area contributed by atoms with Gasteiger partial charge in [0, 0.05) is 17.3 Å². The van der Waals surface area contributed by atoms with Crippen LogP contribution in [0.5, 0.6) is 0 Å². The van der Waals surface area contributed by atoms with Crippen LogP contribution in [-0.4, -0.2) is 40.0 Å². The lowest BCUT2D eigenvalue weighted by atomic mass is 9.45. The minimum atomic E-state index is -1.14. The summed E-state index contributed by atoms with van der Waals surface area (Å²) in [7, 11) is 0. The number of hydrogen-bond acceptors (Lipinski definition) is 6. The third kappa shape index (κ3) is 5.80. The Kier molecular flexibility index (Phi) is 7.76. The molecular formula is C29H46O7. The minimum absolute atomic E-state index is 0.0709. The fourth-order valence-corrected chi connectivity index (χ4v) is 7.05. The van der Waals surface area contributed by atoms with E-state index in [1.54, 1.807) is 34.6 Å². The molecule has 4 saturated carbocycles. The molecule has 4 unspecified atom stereocenters. The lowest BCUT2D eigenvalue weighted by Gasteiger charge is -2.60. The van der Waals surface area contributed by atoms with Gasteiger partial charge in [0.25, 0.3) is 0 Å². The van der Waals surface area contributed by atoms with Crippen molar-refractivity contribution in [3.05, 3.63) is 0 Å². The Morgan fingerprint density at radius 1 is 0.917 bits per heavy atom. The fraction of sp³-hybridized carbons (Fsp3) is 0.862. The van der Waals surface area contributed by atoms with E-state index in [1.807, 2.05) is 20.8 Å². The number of Topliss-reactive ketones (excluding diaryl/α,β-unsaturated/α-hetero) is 1. The smallest absolute Gasteiger partial charge is 0.309 e. The average Bonchev–Trinajstić information content (AvgIpc) is 2.72. The zero-order valence-corrected chi connectivity index (χ0v) is 23.4. The summed E-state index contributed by atoms with van der Waals surface area (Å²) in [5.74, 6) is -2.03. The van der Waals surface area contributed by atoms with E-state index in [4.69, 9.17) is 9.47 Å². The molecule has 36 heavy (non-hydrogen) atoms. The number of hydrogen-bond donors (Lipinski definition) is 1. The van der Waals surface area contributed by atoms with E-state index < -0.39 is 40.4 Å². The molecule has 7 heteroatoms. The third-order valence-electron chi connectivity index (χ3n) is 9.10. The predicted molar refractivity (Wildman–Crippen MR) is 135 cm³/mol. The molecule has 4 fully saturated rings. The summed E-state index contributed by atoms with van der Waals surface area (Å²) in [6.45, 7) is 14.3. The van der Waals surface area contributed by atoms with Crippen LogP contribution < -0.4 is 0 Å². The van der Waals surface area contributed by atoms with Gasteiger partial charge in [-0.15, -0.1) is 0 Å². The standard InChI is InChI=1S/C29H46O7/c1-9-18(12-21(14-27(5,6)25(33)34)24(32)35-26(2,3)4)23(31)36-28(7,8)29-13-17-10-19(15-29)22(30)20(11-17)16-29/h17-21H,9-16H2,1-8H3,(H,33,34). The SMILES string of the molecule is CCC(CC(CC(C)(C)C(=O)O)C(=O)OC(C)(C)C)C(=O)OC(C)(C)C12CC3CC(C1)C(=O)C(C3)C2. The van der Waals surface area contributed by atoms with Crippen LogP contribution in [0.15, 0.2) is 0 Å². The van der Waals surface area contributed by atoms with E-state index >= 15 is 0 Å². The number of rotatable bonds is 10. The first kappa shape index (κ1) is 28.6. The Hall–Kier alpha value is -1.92. The number of esters is 2. The highest BCUT2D eigenvalue weighted by molar-refractivity contribution is 5.86. The summed E-state index contributed by atoms with van der Waals surface area (Å²) < 4.78 is 11.9. The topological polar surface area (TPSA) is 107 Å². The van der Waals surface area contributed by atoms with Crippen molar-refractivity contribution in [1.82, 2.24) is 0 Å². The Morgan fingerprint density at radius 2 is 1.44 bits per heavy atom. The maximum Gasteiger partial charge on any atom is 0.309 e. The van der Waals surface area contributed by atoms with Gasteiger partial charge in [-0.25, -0.2) is 0 Å². The van der Waals surface area contributed by atoms with Gasteiger partial charge in [0.15, 0.2) is 0 Å². The van der Waals surface area contributed by atoms with Crippen molar-refractivity contribution in [3.63, 3.8) is 0 Å². The summed E-state index contributed by atoms with van der Waals surface area (Å²) in [4.78, 5) is 51.1. The minimum Gasteiger partial charge on any atom is -0.481 e. The molecule has 1 N–H and O–H groups in total. The van der Waals surface area contributed by atoms with Crippen LogP contribution in [0.2, 0.25) is 0 Å². The van der Waals surface area contributed by atoms with Crippen molar-refractivity contribution in [1.29, 1.82) is 0 Å². The van der Waals surface area contributed by atoms with Gasteiger partial charge in [0.05, 0.1) is 17.3 Å². The first-order valence-electron chi connectivity index (χ1n) is 13.6. The number of ether oxygens (including phenoxy) is 2. The van der Waals surface area contributed by atoms with Crippen LogP contribution in [-0.2, 0) is 28.7 Å². The molecule has 0 spiro atoms. The van der Waals surface area contributed by atoms with Crippen LogP contribution in [0, 0.1) is 40.4 Å². The van der Waals surface area contributed by atoms with E-state index in [9.17, 15) is 24.3 Å². The highest BCUT2D eigenvalue weighted by Crippen LogP contribution is 2.63. The summed E-state index contributed by atoms with van der Waals surface area (Å²) in [5.41, 5.74) is -2.78. The molecule has 4 aliphatic carbocycles. The van der Waals surface area contributed by atoms with Crippen LogP contribution in [0.25, 0.3) is 0 Å². The van der Waals surface area contributed by atoms with E-state index in [-0.39, 0.29) is 36.1 Å². The first-order chi connectivity index (χ1) is 16.4. The number of carboxylic acids is 1. The molecule has 0 aromatic carbocycles. The monoisotopic (exact) mass is 506 g/mol. The zero-order chi connectivity index (χ0) is 27.3. The molecule has 4 rings (SSSR count). The molecule has 0 amide bonds. The van der Waals surface area contributed by atoms with Gasteiger partial charge >= 0.3 is 17.9 Å². The van der Waals surface area contributed by atoms with E-state index in [0.29, 0.717) is 18.1 Å². The zero-order valence-electron chi connectivity index (χ0n) is 23.4. The largest absolute Gasteiger partial charge is 0.481 e. The number of ketones is 1. The molecule has 0 aliphatic heterocycles. The van der Waals surface area contributed by atoms with Crippen LogP contribution in [0.3, 0.4) is 0 Å². The third-order valence-corrected chi connectivity index (χ3v) is 9.10. The van der Waals surface area contributed by atoms with E-state index in [1.165, 1.54) is 0 Å². The molecule has 4 bridgehead atoms. The first-order valence-corrected chi connectivity index (χ1v) is 13.6. The van der Waals surface area contributed by atoms with E-state index in [0.717, 1.165) is 32.1 Å². The number of carbonyl (C=O) groups is 4. The maximum atomic E-state index is 13.5. The summed E-state index contributed by atoms with van der Waals surface area (Å²) in [6, 6.07) is 0. The molecule has 4 atom stereocenters. The van der Waals surface area contributed by atoms with Gasteiger partial charge in [-0.1, -0.05) is 6.92 Å². The quantitative estimate of drug-likeness (QED) is 0.386. The van der Waals surface area contributed by atoms with Crippen molar-refractivity contribution in [2.45, 2.75) is 118 Å². The van der Waals surface area contributed by atoms with Gasteiger partial charge in [0.2, 0.25) is 0 Å². The molecule has 0 heterocycles. The molecule has 7 nitrogen and oxygen atoms in total. The fourth-order valence-electron chi connectivity index (χ4n) is 7.05. The molecule has 0 radical (unpaired) electrons. The Bertz CT molecular complexity index is 876. The lowest BCUT2D eigenvalue weighted by molar-refractivity contribution is -0.202. The van der Waals surface area contributed by atoms with Gasteiger partial charge in [-0.05, 0) is 106 Å². The highest BCUT2D eigenvalue weighted by atomic mass is 16.6. The summed E-state index contributed by atoms with van der Waals surface area (Å²) in [5, 5.41) is 9.66. The van der Waals surface area contributed by atoms with Crippen LogP contribution in [0.1, 0.15) is 107 Å². The molecular weight excluding hydrogens is 460 g/mol. The normalized spacial score (nSPS) is 29.6. The summed E-state index contributed by atoms with van der Waals surface area (Å²) in [6.07, 6.45) is 5.20. The van der Waals surface area contributed by atoms with Crippen molar-refractivity contribution >= 4 is 23.7 Å². The number of carboxylic acid groups (broad SMARTS) is 1. The van der Waals surface area contributed by atoms with Gasteiger partial charge in [0.1, 0.15) is 17.0 Å². The average molecular weight is 507 g/mol. The molecule has 4 aliphatic rings. The lowest BCUT2D eigenvalue weighted by Crippen LogP contribution is -2.60. The van der Waals surface area contributed by atoms with Crippen LogP contribution >= 0.6 is 0 Å². The predicted octanol–water partition coefficient (Wildman–Crippen LogP) is 5.58. The Labute approximate surface area is 216 Å².